The number of H-pyrrole nitrogens is 1. The molecule has 3 aromatic rings. The van der Waals surface area contributed by atoms with Crippen LogP contribution in [0, 0.1) is 5.82 Å². The molecule has 0 unspecified atom stereocenters. The Bertz CT molecular complexity index is 957. The lowest BCUT2D eigenvalue weighted by molar-refractivity contribution is 0.0933. The molecular weight excluding hydrogens is 325 g/mol. The number of benzene rings is 1. The highest BCUT2D eigenvalue weighted by Crippen LogP contribution is 2.16. The molecule has 1 atom stereocenters. The number of hydrogen-bond acceptors (Lipinski definition) is 4. The van der Waals surface area contributed by atoms with Gasteiger partial charge in [-0.25, -0.2) is 4.39 Å². The highest BCUT2D eigenvalue weighted by atomic mass is 19.1. The molecule has 0 saturated heterocycles. The van der Waals surface area contributed by atoms with E-state index < -0.39 is 17.3 Å². The molecule has 3 rings (SSSR count). The van der Waals surface area contributed by atoms with Crippen molar-refractivity contribution < 1.29 is 13.9 Å². The quantitative estimate of drug-likeness (QED) is 0.745. The van der Waals surface area contributed by atoms with Gasteiger partial charge in [0.05, 0.1) is 18.3 Å². The van der Waals surface area contributed by atoms with Crippen LogP contribution in [0.1, 0.15) is 17.3 Å². The monoisotopic (exact) mass is 341 g/mol. The van der Waals surface area contributed by atoms with Crippen LogP contribution < -0.4 is 15.6 Å². The summed E-state index contributed by atoms with van der Waals surface area (Å²) in [4.78, 5) is 30.7. The zero-order chi connectivity index (χ0) is 17.8. The number of carbonyl (C=O) groups is 1. The fourth-order valence-corrected chi connectivity index (χ4v) is 2.44. The first kappa shape index (κ1) is 16.6. The van der Waals surface area contributed by atoms with E-state index in [2.05, 4.69) is 15.3 Å². The SMILES string of the molecule is C[C@H](CNC(=O)c1cc(=O)[nH]c2ccc(F)cc12)Oc1cccnc1. The molecule has 128 valence electrons. The molecule has 2 heterocycles. The number of hydrogen-bond donors (Lipinski definition) is 2. The van der Waals surface area contributed by atoms with E-state index in [9.17, 15) is 14.0 Å². The molecule has 6 nitrogen and oxygen atoms in total. The number of nitrogens with zero attached hydrogens (tertiary/aromatic N) is 1. The second-order valence-corrected chi connectivity index (χ2v) is 5.56. The van der Waals surface area contributed by atoms with Crippen LogP contribution in [-0.2, 0) is 0 Å². The molecule has 0 radical (unpaired) electrons. The molecule has 0 saturated carbocycles. The smallest absolute Gasteiger partial charge is 0.252 e. The molecule has 0 fully saturated rings. The fraction of sp³-hybridized carbons (Fsp3) is 0.167. The van der Waals surface area contributed by atoms with Gasteiger partial charge in [-0.15, -0.1) is 0 Å². The molecule has 7 heteroatoms. The molecule has 0 aliphatic rings. The van der Waals surface area contributed by atoms with E-state index in [1.165, 1.54) is 18.2 Å². The third-order valence-corrected chi connectivity index (χ3v) is 3.57. The highest BCUT2D eigenvalue weighted by molar-refractivity contribution is 6.05. The van der Waals surface area contributed by atoms with Crippen LogP contribution in [0.25, 0.3) is 10.9 Å². The van der Waals surface area contributed by atoms with Gasteiger partial charge in [0.25, 0.3) is 5.91 Å². The largest absolute Gasteiger partial charge is 0.487 e. The predicted molar refractivity (Wildman–Crippen MR) is 91.2 cm³/mol. The number of ether oxygens (including phenoxy) is 1. The molecule has 2 N–H and O–H groups in total. The van der Waals surface area contributed by atoms with Crippen molar-refractivity contribution in [1.82, 2.24) is 15.3 Å². The van der Waals surface area contributed by atoms with Gasteiger partial charge in [0.1, 0.15) is 17.7 Å². The Labute approximate surface area is 142 Å². The maximum atomic E-state index is 13.5. The Balaban J connectivity index is 1.74. The van der Waals surface area contributed by atoms with Crippen LogP contribution in [0.3, 0.4) is 0 Å². The van der Waals surface area contributed by atoms with Crippen molar-refractivity contribution in [3.8, 4) is 5.75 Å². The summed E-state index contributed by atoms with van der Waals surface area (Å²) in [6.07, 6.45) is 2.90. The summed E-state index contributed by atoms with van der Waals surface area (Å²) in [6.45, 7) is 2.01. The fourth-order valence-electron chi connectivity index (χ4n) is 2.44. The van der Waals surface area contributed by atoms with Gasteiger partial charge >= 0.3 is 0 Å². The Hall–Kier alpha value is -3.22. The summed E-state index contributed by atoms with van der Waals surface area (Å²) in [7, 11) is 0. The van der Waals surface area contributed by atoms with Gasteiger partial charge in [0, 0.05) is 23.2 Å². The highest BCUT2D eigenvalue weighted by Gasteiger charge is 2.14. The minimum Gasteiger partial charge on any atom is -0.487 e. The topological polar surface area (TPSA) is 84.1 Å². The standard InChI is InChI=1S/C18H16FN3O3/c1-11(25-13-3-2-6-20-10-13)9-21-18(24)15-8-17(23)22-16-5-4-12(19)7-14(15)16/h2-8,10-11H,9H2,1H3,(H,21,24)(H,22,23)/t11-/m1/s1. The average molecular weight is 341 g/mol. The van der Waals surface area contributed by atoms with Crippen LogP contribution >= 0.6 is 0 Å². The second kappa shape index (κ2) is 7.12. The Morgan fingerprint density at radius 3 is 2.96 bits per heavy atom. The number of fused-ring (bicyclic) bond motifs is 1. The third kappa shape index (κ3) is 4.00. The summed E-state index contributed by atoms with van der Waals surface area (Å²) >= 11 is 0. The maximum Gasteiger partial charge on any atom is 0.252 e. The van der Waals surface area contributed by atoms with Crippen molar-refractivity contribution >= 4 is 16.8 Å². The Morgan fingerprint density at radius 2 is 2.20 bits per heavy atom. The van der Waals surface area contributed by atoms with Crippen LogP contribution in [0.5, 0.6) is 5.75 Å². The van der Waals surface area contributed by atoms with Gasteiger partial charge in [0.15, 0.2) is 0 Å². The molecule has 1 aromatic carbocycles. The first-order chi connectivity index (χ1) is 12.0. The van der Waals surface area contributed by atoms with Gasteiger partial charge in [-0.2, -0.15) is 0 Å². The second-order valence-electron chi connectivity index (χ2n) is 5.56. The van der Waals surface area contributed by atoms with Crippen molar-refractivity contribution in [2.75, 3.05) is 6.54 Å². The van der Waals surface area contributed by atoms with E-state index in [1.54, 1.807) is 31.5 Å². The van der Waals surface area contributed by atoms with E-state index in [0.29, 0.717) is 16.7 Å². The zero-order valence-electron chi connectivity index (χ0n) is 13.5. The lowest BCUT2D eigenvalue weighted by Gasteiger charge is -2.15. The molecular formula is C18H16FN3O3. The predicted octanol–water partition coefficient (Wildman–Crippen LogP) is 2.26. The molecule has 25 heavy (non-hydrogen) atoms. The minimum atomic E-state index is -0.484. The maximum absolute atomic E-state index is 13.5. The van der Waals surface area contributed by atoms with Crippen LogP contribution in [0.15, 0.2) is 53.6 Å². The number of halogens is 1. The molecule has 0 bridgehead atoms. The van der Waals surface area contributed by atoms with Crippen molar-refractivity contribution in [2.45, 2.75) is 13.0 Å². The molecule has 0 spiro atoms. The summed E-state index contributed by atoms with van der Waals surface area (Å²) in [5.74, 6) is -0.363. The van der Waals surface area contributed by atoms with Gasteiger partial charge in [-0.1, -0.05) is 0 Å². The van der Waals surface area contributed by atoms with Crippen LogP contribution in [0.4, 0.5) is 4.39 Å². The summed E-state index contributed by atoms with van der Waals surface area (Å²) < 4.78 is 19.1. The number of aromatic amines is 1. The van der Waals surface area contributed by atoms with Crippen LogP contribution in [-0.4, -0.2) is 28.5 Å². The normalized spacial score (nSPS) is 11.9. The summed E-state index contributed by atoms with van der Waals surface area (Å²) in [6, 6.07) is 8.54. The number of nitrogens with one attached hydrogen (secondary N) is 2. The summed E-state index contributed by atoms with van der Waals surface area (Å²) in [5, 5.41) is 3.04. The van der Waals surface area contributed by atoms with E-state index in [-0.39, 0.29) is 18.2 Å². The lowest BCUT2D eigenvalue weighted by atomic mass is 10.1. The Morgan fingerprint density at radius 1 is 1.36 bits per heavy atom. The zero-order valence-corrected chi connectivity index (χ0v) is 13.5. The number of pyridine rings is 2. The first-order valence-electron chi connectivity index (χ1n) is 7.70. The summed E-state index contributed by atoms with van der Waals surface area (Å²) in [5.41, 5.74) is 0.0921. The number of aromatic nitrogens is 2. The number of rotatable bonds is 5. The molecule has 0 aliphatic carbocycles. The van der Waals surface area contributed by atoms with Crippen molar-refractivity contribution in [1.29, 1.82) is 0 Å². The first-order valence-corrected chi connectivity index (χ1v) is 7.70. The molecule has 2 aromatic heterocycles. The number of amides is 1. The van der Waals surface area contributed by atoms with Gasteiger partial charge in [-0.05, 0) is 37.3 Å². The Kier molecular flexibility index (Phi) is 4.74. The van der Waals surface area contributed by atoms with Gasteiger partial charge in [0.2, 0.25) is 5.56 Å². The number of carbonyl (C=O) groups excluding carboxylic acids is 1. The van der Waals surface area contributed by atoms with E-state index in [4.69, 9.17) is 4.74 Å². The average Bonchev–Trinajstić information content (AvgIpc) is 2.60. The van der Waals surface area contributed by atoms with Crippen molar-refractivity contribution in [3.05, 3.63) is 70.5 Å². The van der Waals surface area contributed by atoms with E-state index >= 15 is 0 Å². The van der Waals surface area contributed by atoms with Crippen molar-refractivity contribution in [3.63, 3.8) is 0 Å². The molecule has 0 aliphatic heterocycles. The van der Waals surface area contributed by atoms with E-state index in [0.717, 1.165) is 6.07 Å². The van der Waals surface area contributed by atoms with Gasteiger partial charge < -0.3 is 15.0 Å². The van der Waals surface area contributed by atoms with E-state index in [1.807, 2.05) is 0 Å². The lowest BCUT2D eigenvalue weighted by Crippen LogP contribution is -2.34. The van der Waals surface area contributed by atoms with Gasteiger partial charge in [-0.3, -0.25) is 14.6 Å². The van der Waals surface area contributed by atoms with Crippen molar-refractivity contribution in [2.24, 2.45) is 0 Å². The van der Waals surface area contributed by atoms with Crippen LogP contribution in [0.2, 0.25) is 0 Å². The third-order valence-electron chi connectivity index (χ3n) is 3.57. The molecule has 1 amide bonds. The minimum absolute atomic E-state index is 0.117.